The Bertz CT molecular complexity index is 375. The van der Waals surface area contributed by atoms with Gasteiger partial charge in [-0.25, -0.2) is 0 Å². The van der Waals surface area contributed by atoms with E-state index in [-0.39, 0.29) is 10.7 Å². The second-order valence-corrected chi connectivity index (χ2v) is 3.15. The molecule has 0 fully saturated rings. The Morgan fingerprint density at radius 2 is 1.93 bits per heavy atom. The summed E-state index contributed by atoms with van der Waals surface area (Å²) in [5, 5.41) is -0.0750. The van der Waals surface area contributed by atoms with Gasteiger partial charge < -0.3 is 0 Å². The molecule has 0 aliphatic carbocycles. The van der Waals surface area contributed by atoms with Gasteiger partial charge in [-0.05, 0) is 6.07 Å². The van der Waals surface area contributed by atoms with Crippen LogP contribution in [0.1, 0.15) is 11.3 Å². The minimum Gasteiger partial charge on any atom is -0.285 e. The van der Waals surface area contributed by atoms with Crippen LogP contribution in [0.5, 0.6) is 0 Å². The van der Waals surface area contributed by atoms with Crippen LogP contribution in [0.2, 0.25) is 5.02 Å². The lowest BCUT2D eigenvalue weighted by molar-refractivity contribution is -0.631. The first-order chi connectivity index (χ1) is 6.25. The van der Waals surface area contributed by atoms with Crippen LogP contribution in [0, 0.1) is 6.92 Å². The maximum atomic E-state index is 12.3. The van der Waals surface area contributed by atoms with Gasteiger partial charge in [0.2, 0.25) is 0 Å². The van der Waals surface area contributed by atoms with Crippen LogP contribution in [0.25, 0.3) is 0 Å². The Morgan fingerprint density at radius 3 is 2.36 bits per heavy atom. The predicted octanol–water partition coefficient (Wildman–Crippen LogP) is 1.25. The molecule has 1 aromatic rings. The van der Waals surface area contributed by atoms with Crippen LogP contribution in [0.4, 0.5) is 19.0 Å². The van der Waals surface area contributed by atoms with Gasteiger partial charge in [-0.1, -0.05) is 11.6 Å². The monoisotopic (exact) mass is 226 g/mol. The summed E-state index contributed by atoms with van der Waals surface area (Å²) in [6, 6.07) is 0.760. The normalized spacial score (nSPS) is 11.8. The summed E-state index contributed by atoms with van der Waals surface area (Å²) in [5.41, 5.74) is 4.44. The van der Waals surface area contributed by atoms with Gasteiger partial charge >= 0.3 is 12.0 Å². The minimum atomic E-state index is -4.55. The first-order valence-corrected chi connectivity index (χ1v) is 3.96. The molecule has 1 heterocycles. The highest BCUT2D eigenvalue weighted by atomic mass is 35.5. The van der Waals surface area contributed by atoms with Gasteiger partial charge in [0.1, 0.15) is 11.3 Å². The number of anilines is 1. The summed E-state index contributed by atoms with van der Waals surface area (Å²) < 4.78 is 37.7. The van der Waals surface area contributed by atoms with Crippen LogP contribution in [0.3, 0.4) is 0 Å². The highest BCUT2D eigenvalue weighted by molar-refractivity contribution is 6.31. The molecule has 0 atom stereocenters. The number of nitrogens with two attached hydrogens (primary N) is 2. The minimum absolute atomic E-state index is 0.0750. The molecule has 0 spiro atoms. The van der Waals surface area contributed by atoms with Crippen LogP contribution in [-0.2, 0) is 6.18 Å². The third kappa shape index (κ3) is 1.70. The smallest absolute Gasteiger partial charge is 0.285 e. The number of hydrogen-bond donors (Lipinski definition) is 2. The second kappa shape index (κ2) is 3.20. The van der Waals surface area contributed by atoms with E-state index in [4.69, 9.17) is 23.2 Å². The molecule has 14 heavy (non-hydrogen) atoms. The molecule has 7 heteroatoms. The van der Waals surface area contributed by atoms with E-state index in [1.54, 1.807) is 0 Å². The molecule has 4 N–H and O–H groups in total. The van der Waals surface area contributed by atoms with Crippen molar-refractivity contribution in [3.63, 3.8) is 0 Å². The Morgan fingerprint density at radius 1 is 1.43 bits per heavy atom. The molecule has 78 valence electrons. The van der Waals surface area contributed by atoms with Crippen LogP contribution in [0.15, 0.2) is 6.07 Å². The third-order valence-corrected chi connectivity index (χ3v) is 2.20. The number of nitrogens with zero attached hydrogens (tertiary/aromatic N) is 1. The van der Waals surface area contributed by atoms with Crippen LogP contribution >= 0.6 is 11.6 Å². The van der Waals surface area contributed by atoms with Crippen LogP contribution < -0.4 is 16.3 Å². The average Bonchev–Trinajstić information content (AvgIpc) is 2.06. The summed E-state index contributed by atoms with van der Waals surface area (Å²) in [6.45, 7) is 1.47. The summed E-state index contributed by atoms with van der Waals surface area (Å²) in [7, 11) is 0. The number of aromatic nitrogens is 1. The van der Waals surface area contributed by atoms with Gasteiger partial charge in [0, 0.05) is 6.92 Å². The zero-order chi connectivity index (χ0) is 11.1. The fraction of sp³-hybridized carbons (Fsp3) is 0.286. The lowest BCUT2D eigenvalue weighted by Crippen LogP contribution is -2.51. The molecule has 1 aromatic heterocycles. The van der Waals surface area contributed by atoms with E-state index in [1.165, 1.54) is 6.92 Å². The quantitative estimate of drug-likeness (QED) is 0.517. The van der Waals surface area contributed by atoms with E-state index in [9.17, 15) is 13.2 Å². The van der Waals surface area contributed by atoms with Gasteiger partial charge in [-0.3, -0.25) is 11.6 Å². The number of halogens is 4. The lowest BCUT2D eigenvalue weighted by atomic mass is 10.2. The molecule has 0 saturated heterocycles. The van der Waals surface area contributed by atoms with Crippen molar-refractivity contribution in [1.29, 1.82) is 0 Å². The Kier molecular flexibility index (Phi) is 2.49. The fourth-order valence-electron chi connectivity index (χ4n) is 0.958. The summed E-state index contributed by atoms with van der Waals surface area (Å²) in [6.07, 6.45) is -4.55. The molecule has 0 aliphatic rings. The number of pyridine rings is 1. The molecular weight excluding hydrogens is 219 g/mol. The van der Waals surface area contributed by atoms with Crippen molar-refractivity contribution in [3.8, 4) is 0 Å². The number of nitrogen functional groups attached to an aromatic ring is 2. The van der Waals surface area contributed by atoms with Crippen LogP contribution in [-0.4, -0.2) is 0 Å². The Hall–Kier alpha value is -1.17. The zero-order valence-electron chi connectivity index (χ0n) is 7.19. The topological polar surface area (TPSA) is 55.9 Å². The summed E-state index contributed by atoms with van der Waals surface area (Å²) in [4.78, 5) is 0. The maximum absolute atomic E-state index is 12.3. The van der Waals surface area contributed by atoms with E-state index in [2.05, 4.69) is 0 Å². The van der Waals surface area contributed by atoms with Crippen molar-refractivity contribution in [2.75, 3.05) is 11.6 Å². The second-order valence-electron chi connectivity index (χ2n) is 2.74. The standard InChI is InChI=1S/C7H7ClF3N3/c1-3-5(8)2-4(7(9,10)11)6(12)14(3)13/h2,12H,13H2,1H3/p+1. The van der Waals surface area contributed by atoms with E-state index in [0.717, 1.165) is 6.07 Å². The van der Waals surface area contributed by atoms with E-state index < -0.39 is 17.6 Å². The van der Waals surface area contributed by atoms with Gasteiger partial charge in [0.25, 0.3) is 0 Å². The largest absolute Gasteiger partial charge is 0.424 e. The van der Waals surface area contributed by atoms with Gasteiger partial charge in [-0.2, -0.15) is 13.2 Å². The molecule has 0 bridgehead atoms. The van der Waals surface area contributed by atoms with Crippen molar-refractivity contribution in [3.05, 3.63) is 22.3 Å². The molecule has 0 saturated carbocycles. The van der Waals surface area contributed by atoms with Crippen molar-refractivity contribution < 1.29 is 17.8 Å². The Labute approximate surface area is 83.0 Å². The first-order valence-electron chi connectivity index (χ1n) is 3.58. The SMILES string of the molecule is Cc1c(Cl)cc(C(F)(F)F)c(N)[n+]1N. The molecule has 1 rings (SSSR count). The molecule has 0 aliphatic heterocycles. The third-order valence-electron chi connectivity index (χ3n) is 1.82. The first kappa shape index (κ1) is 10.9. The highest BCUT2D eigenvalue weighted by Gasteiger charge is 2.38. The van der Waals surface area contributed by atoms with Gasteiger partial charge in [-0.15, -0.1) is 4.68 Å². The molecular formula is C7H8ClF3N3+. The van der Waals surface area contributed by atoms with Crippen molar-refractivity contribution in [2.45, 2.75) is 13.1 Å². The predicted molar refractivity (Wildman–Crippen MR) is 45.9 cm³/mol. The summed E-state index contributed by atoms with van der Waals surface area (Å²) in [5.74, 6) is 4.73. The number of rotatable bonds is 0. The molecule has 0 unspecified atom stereocenters. The van der Waals surface area contributed by atoms with E-state index in [1.807, 2.05) is 0 Å². The van der Waals surface area contributed by atoms with E-state index in [0.29, 0.717) is 4.68 Å². The van der Waals surface area contributed by atoms with Crippen molar-refractivity contribution >= 4 is 17.4 Å². The lowest BCUT2D eigenvalue weighted by Gasteiger charge is -2.10. The Balaban J connectivity index is 3.49. The van der Waals surface area contributed by atoms with Crippen molar-refractivity contribution in [2.24, 2.45) is 0 Å². The highest BCUT2D eigenvalue weighted by Crippen LogP contribution is 2.33. The van der Waals surface area contributed by atoms with Crippen molar-refractivity contribution in [1.82, 2.24) is 0 Å². The molecule has 0 radical (unpaired) electrons. The average molecular weight is 227 g/mol. The van der Waals surface area contributed by atoms with Gasteiger partial charge in [0.15, 0.2) is 0 Å². The number of alkyl halides is 3. The molecule has 0 aromatic carbocycles. The maximum Gasteiger partial charge on any atom is 0.424 e. The van der Waals surface area contributed by atoms with Gasteiger partial charge in [0.05, 0.1) is 5.02 Å². The number of hydrogen-bond acceptors (Lipinski definition) is 2. The summed E-state index contributed by atoms with van der Waals surface area (Å²) >= 11 is 5.54. The fourth-order valence-corrected chi connectivity index (χ4v) is 1.16. The van der Waals surface area contributed by atoms with E-state index >= 15 is 0 Å². The molecule has 0 amide bonds. The zero-order valence-corrected chi connectivity index (χ0v) is 7.95. The molecule has 3 nitrogen and oxygen atoms in total.